The largest absolute Gasteiger partial charge is 0.293 e. The quantitative estimate of drug-likeness (QED) is 0.676. The number of hydrogen-bond acceptors (Lipinski definition) is 4. The van der Waals surface area contributed by atoms with E-state index >= 15 is 0 Å². The summed E-state index contributed by atoms with van der Waals surface area (Å²) in [7, 11) is 1.48. The number of nitrogens with zero attached hydrogens (tertiary/aromatic N) is 2. The van der Waals surface area contributed by atoms with Gasteiger partial charge in [-0.1, -0.05) is 0 Å². The van der Waals surface area contributed by atoms with Gasteiger partial charge in [0.2, 0.25) is 0 Å². The summed E-state index contributed by atoms with van der Waals surface area (Å²) in [5, 5.41) is -0.236. The predicted octanol–water partition coefficient (Wildman–Crippen LogP) is 1.75. The van der Waals surface area contributed by atoms with E-state index in [0.717, 1.165) is 22.2 Å². The normalized spacial score (nSPS) is 19.0. The van der Waals surface area contributed by atoms with E-state index in [2.05, 4.69) is 4.98 Å². The Morgan fingerprint density at radius 3 is 2.53 bits per heavy atom. The van der Waals surface area contributed by atoms with Crippen LogP contribution in [0.4, 0.5) is 4.79 Å². The molecule has 2 amide bonds. The molecule has 0 radical (unpaired) electrons. The topological polar surface area (TPSA) is 50.3 Å². The monoisotopic (exact) mass is 220 g/mol. The Balaban J connectivity index is 2.30. The van der Waals surface area contributed by atoms with Crippen LogP contribution in [-0.2, 0) is 4.79 Å². The van der Waals surface area contributed by atoms with Crippen LogP contribution in [0.3, 0.4) is 0 Å². The molecular weight excluding hydrogens is 212 g/mol. The van der Waals surface area contributed by atoms with Gasteiger partial charge in [-0.25, -0.2) is 0 Å². The first kappa shape index (κ1) is 9.92. The van der Waals surface area contributed by atoms with E-state index < -0.39 is 0 Å². The summed E-state index contributed by atoms with van der Waals surface area (Å²) in [4.78, 5) is 28.2. The molecule has 0 aromatic carbocycles. The van der Waals surface area contributed by atoms with Gasteiger partial charge in [-0.05, 0) is 35.5 Å². The van der Waals surface area contributed by atoms with Gasteiger partial charge in [0.25, 0.3) is 11.1 Å². The average Bonchev–Trinajstić information content (AvgIpc) is 2.48. The lowest BCUT2D eigenvalue weighted by Crippen LogP contribution is -2.22. The van der Waals surface area contributed by atoms with Crippen molar-refractivity contribution in [3.05, 3.63) is 35.0 Å². The zero-order valence-electron chi connectivity index (χ0n) is 8.01. The smallest absolute Gasteiger partial charge is 0.272 e. The van der Waals surface area contributed by atoms with Gasteiger partial charge in [0.1, 0.15) is 0 Å². The van der Waals surface area contributed by atoms with Crippen LogP contribution in [0.25, 0.3) is 6.08 Å². The minimum Gasteiger partial charge on any atom is -0.272 e. The molecule has 76 valence electrons. The van der Waals surface area contributed by atoms with Crippen LogP contribution in [0.2, 0.25) is 0 Å². The van der Waals surface area contributed by atoms with Gasteiger partial charge in [-0.15, -0.1) is 0 Å². The van der Waals surface area contributed by atoms with E-state index in [1.54, 1.807) is 30.6 Å². The lowest BCUT2D eigenvalue weighted by molar-refractivity contribution is -0.121. The fourth-order valence-corrected chi connectivity index (χ4v) is 1.98. The number of rotatable bonds is 1. The molecule has 0 spiro atoms. The lowest BCUT2D eigenvalue weighted by atomic mass is 10.2. The van der Waals surface area contributed by atoms with Gasteiger partial charge in [-0.2, -0.15) is 0 Å². The summed E-state index contributed by atoms with van der Waals surface area (Å²) < 4.78 is 0. The molecule has 1 saturated heterocycles. The number of amides is 2. The third kappa shape index (κ3) is 1.92. The first-order chi connectivity index (χ1) is 7.18. The highest BCUT2D eigenvalue weighted by Gasteiger charge is 2.31. The SMILES string of the molecule is CN1C(=O)S/C(=C\c2ccncc2)C1=O. The van der Waals surface area contributed by atoms with Crippen molar-refractivity contribution >= 4 is 29.0 Å². The van der Waals surface area contributed by atoms with Crippen LogP contribution >= 0.6 is 11.8 Å². The molecule has 2 rings (SSSR count). The fourth-order valence-electron chi connectivity index (χ4n) is 1.16. The van der Waals surface area contributed by atoms with E-state index in [-0.39, 0.29) is 11.1 Å². The van der Waals surface area contributed by atoms with Crippen LogP contribution in [0.15, 0.2) is 29.4 Å². The third-order valence-electron chi connectivity index (χ3n) is 1.99. The molecule has 5 heteroatoms. The van der Waals surface area contributed by atoms with E-state index in [0.29, 0.717) is 4.91 Å². The molecule has 1 fully saturated rings. The van der Waals surface area contributed by atoms with Crippen LogP contribution in [0.5, 0.6) is 0 Å². The van der Waals surface area contributed by atoms with Crippen molar-refractivity contribution in [2.75, 3.05) is 7.05 Å². The Bertz CT molecular complexity index is 442. The van der Waals surface area contributed by atoms with Crippen LogP contribution < -0.4 is 0 Å². The van der Waals surface area contributed by atoms with E-state index in [1.165, 1.54) is 7.05 Å². The number of aromatic nitrogens is 1. The van der Waals surface area contributed by atoms with Crippen LogP contribution in [0.1, 0.15) is 5.56 Å². The molecule has 1 aromatic rings. The standard InChI is InChI=1S/C10H8N2O2S/c1-12-9(13)8(15-10(12)14)6-7-2-4-11-5-3-7/h2-6H,1H3/b8-6-. The zero-order valence-corrected chi connectivity index (χ0v) is 8.82. The molecule has 1 aliphatic rings. The molecule has 1 aromatic heterocycles. The maximum atomic E-state index is 11.5. The Morgan fingerprint density at radius 1 is 1.33 bits per heavy atom. The fraction of sp³-hybridized carbons (Fsp3) is 0.100. The van der Waals surface area contributed by atoms with E-state index in [1.807, 2.05) is 0 Å². The maximum Gasteiger partial charge on any atom is 0.293 e. The number of imide groups is 1. The molecular formula is C10H8N2O2S. The molecule has 0 unspecified atom stereocenters. The van der Waals surface area contributed by atoms with Crippen molar-refractivity contribution < 1.29 is 9.59 Å². The van der Waals surface area contributed by atoms with E-state index in [4.69, 9.17) is 0 Å². The molecule has 0 saturated carbocycles. The summed E-state index contributed by atoms with van der Waals surface area (Å²) in [6.45, 7) is 0. The summed E-state index contributed by atoms with van der Waals surface area (Å²) in [5.41, 5.74) is 0.865. The van der Waals surface area contributed by atoms with Crippen molar-refractivity contribution in [1.82, 2.24) is 9.88 Å². The molecule has 15 heavy (non-hydrogen) atoms. The molecule has 4 nitrogen and oxygen atoms in total. The highest BCUT2D eigenvalue weighted by molar-refractivity contribution is 8.18. The van der Waals surface area contributed by atoms with Gasteiger partial charge < -0.3 is 0 Å². The molecule has 0 N–H and O–H groups in total. The second kappa shape index (κ2) is 3.86. The molecule has 0 atom stereocenters. The van der Waals surface area contributed by atoms with Crippen LogP contribution in [0, 0.1) is 0 Å². The van der Waals surface area contributed by atoms with Gasteiger partial charge in [0.05, 0.1) is 4.91 Å². The second-order valence-electron chi connectivity index (χ2n) is 3.02. The summed E-state index contributed by atoms with van der Waals surface area (Å²) in [6.07, 6.45) is 4.97. The van der Waals surface area contributed by atoms with Gasteiger partial charge in [0, 0.05) is 19.4 Å². The summed E-state index contributed by atoms with van der Waals surface area (Å²) in [6, 6.07) is 3.56. The van der Waals surface area contributed by atoms with Crippen molar-refractivity contribution in [3.63, 3.8) is 0 Å². The highest BCUT2D eigenvalue weighted by Crippen LogP contribution is 2.30. The van der Waals surface area contributed by atoms with Crippen molar-refractivity contribution in [2.24, 2.45) is 0 Å². The average molecular weight is 220 g/mol. The summed E-state index contributed by atoms with van der Waals surface area (Å²) >= 11 is 0.955. The lowest BCUT2D eigenvalue weighted by Gasteiger charge is -2.00. The van der Waals surface area contributed by atoms with Crippen molar-refractivity contribution in [3.8, 4) is 0 Å². The molecule has 0 bridgehead atoms. The molecule has 0 aliphatic carbocycles. The summed E-state index contributed by atoms with van der Waals surface area (Å²) in [5.74, 6) is -0.248. The molecule has 2 heterocycles. The molecule has 1 aliphatic heterocycles. The number of likely N-dealkylation sites (N-methyl/N-ethyl adjacent to an activating group) is 1. The van der Waals surface area contributed by atoms with Crippen LogP contribution in [-0.4, -0.2) is 28.1 Å². The number of thioether (sulfide) groups is 1. The van der Waals surface area contributed by atoms with Gasteiger partial charge in [0.15, 0.2) is 0 Å². The number of carbonyl (C=O) groups is 2. The highest BCUT2D eigenvalue weighted by atomic mass is 32.2. The predicted molar refractivity (Wildman–Crippen MR) is 58.0 cm³/mol. The van der Waals surface area contributed by atoms with Crippen molar-refractivity contribution in [2.45, 2.75) is 0 Å². The van der Waals surface area contributed by atoms with Crippen molar-refractivity contribution in [1.29, 1.82) is 0 Å². The second-order valence-corrected chi connectivity index (χ2v) is 4.01. The Morgan fingerprint density at radius 2 is 2.00 bits per heavy atom. The Labute approximate surface area is 91.0 Å². The Kier molecular flexibility index (Phi) is 2.55. The van der Waals surface area contributed by atoms with Gasteiger partial charge >= 0.3 is 0 Å². The number of carbonyl (C=O) groups excluding carboxylic acids is 2. The number of hydrogen-bond donors (Lipinski definition) is 0. The first-order valence-corrected chi connectivity index (χ1v) is 5.12. The minimum absolute atomic E-state index is 0.236. The van der Waals surface area contributed by atoms with E-state index in [9.17, 15) is 9.59 Å². The van der Waals surface area contributed by atoms with Gasteiger partial charge in [-0.3, -0.25) is 19.5 Å². The zero-order chi connectivity index (χ0) is 10.8. The maximum absolute atomic E-state index is 11.5. The first-order valence-electron chi connectivity index (χ1n) is 4.30. The third-order valence-corrected chi connectivity index (χ3v) is 2.95. The minimum atomic E-state index is -0.248. The number of pyridine rings is 1. The Hall–Kier alpha value is -1.62.